The molecule has 1 radical (unpaired) electrons. The highest BCUT2D eigenvalue weighted by molar-refractivity contribution is 6.32. The van der Waals surface area contributed by atoms with Crippen LogP contribution in [0.25, 0.3) is 0 Å². The van der Waals surface area contributed by atoms with Crippen LogP contribution in [0.5, 0.6) is 11.6 Å². The summed E-state index contributed by atoms with van der Waals surface area (Å²) >= 11 is 6.13. The van der Waals surface area contributed by atoms with Crippen molar-refractivity contribution in [1.82, 2.24) is 15.2 Å². The summed E-state index contributed by atoms with van der Waals surface area (Å²) in [5.74, 6) is 1.18. The number of pyridine rings is 1. The SMILES string of the molecule is Clc1ccccc1Oc1ccc(C2CN(C3CCCC3)CC[N]2)cn1. The number of ether oxygens (including phenoxy) is 1. The maximum absolute atomic E-state index is 6.13. The van der Waals surface area contributed by atoms with E-state index in [1.807, 2.05) is 36.5 Å². The maximum Gasteiger partial charge on any atom is 0.219 e. The van der Waals surface area contributed by atoms with Crippen LogP contribution in [0, 0.1) is 0 Å². The van der Waals surface area contributed by atoms with Crippen molar-refractivity contribution < 1.29 is 4.74 Å². The first kappa shape index (κ1) is 16.8. The van der Waals surface area contributed by atoms with Gasteiger partial charge in [-0.25, -0.2) is 10.3 Å². The molecule has 0 N–H and O–H groups in total. The highest BCUT2D eigenvalue weighted by Gasteiger charge is 2.29. The molecule has 0 amide bonds. The van der Waals surface area contributed by atoms with Gasteiger partial charge < -0.3 is 4.74 Å². The molecule has 25 heavy (non-hydrogen) atoms. The van der Waals surface area contributed by atoms with E-state index in [0.717, 1.165) is 31.2 Å². The van der Waals surface area contributed by atoms with Gasteiger partial charge in [-0.3, -0.25) is 4.90 Å². The molecular formula is C20H23ClN3O. The van der Waals surface area contributed by atoms with Gasteiger partial charge in [-0.05, 0) is 30.5 Å². The van der Waals surface area contributed by atoms with E-state index in [1.54, 1.807) is 0 Å². The molecule has 0 bridgehead atoms. The Morgan fingerprint density at radius 3 is 2.68 bits per heavy atom. The zero-order chi connectivity index (χ0) is 17.1. The van der Waals surface area contributed by atoms with Crippen LogP contribution in [0.4, 0.5) is 0 Å². The fraction of sp³-hybridized carbons (Fsp3) is 0.450. The number of halogens is 1. The first-order chi connectivity index (χ1) is 12.3. The topological polar surface area (TPSA) is 39.5 Å². The van der Waals surface area contributed by atoms with E-state index in [-0.39, 0.29) is 6.04 Å². The van der Waals surface area contributed by atoms with Crippen LogP contribution >= 0.6 is 11.6 Å². The lowest BCUT2D eigenvalue weighted by Gasteiger charge is -2.36. The number of aromatic nitrogens is 1. The fourth-order valence-electron chi connectivity index (χ4n) is 3.81. The first-order valence-corrected chi connectivity index (χ1v) is 9.46. The third-order valence-corrected chi connectivity index (χ3v) is 5.49. The highest BCUT2D eigenvalue weighted by Crippen LogP contribution is 2.30. The number of para-hydroxylation sites is 1. The zero-order valence-corrected chi connectivity index (χ0v) is 15.0. The van der Waals surface area contributed by atoms with E-state index in [0.29, 0.717) is 16.7 Å². The molecule has 131 valence electrons. The van der Waals surface area contributed by atoms with Crippen molar-refractivity contribution in [2.24, 2.45) is 0 Å². The zero-order valence-electron chi connectivity index (χ0n) is 14.3. The van der Waals surface area contributed by atoms with Crippen molar-refractivity contribution in [3.05, 3.63) is 53.2 Å². The molecule has 1 aromatic heterocycles. The van der Waals surface area contributed by atoms with Crippen LogP contribution in [-0.4, -0.2) is 35.6 Å². The van der Waals surface area contributed by atoms with Gasteiger partial charge >= 0.3 is 0 Å². The summed E-state index contributed by atoms with van der Waals surface area (Å²) in [6.45, 7) is 3.03. The number of hydrogen-bond donors (Lipinski definition) is 0. The van der Waals surface area contributed by atoms with Crippen molar-refractivity contribution in [1.29, 1.82) is 0 Å². The molecule has 1 aliphatic carbocycles. The highest BCUT2D eigenvalue weighted by atomic mass is 35.5. The molecule has 4 nitrogen and oxygen atoms in total. The molecule has 2 aliphatic rings. The van der Waals surface area contributed by atoms with E-state index in [2.05, 4.69) is 16.0 Å². The lowest BCUT2D eigenvalue weighted by atomic mass is 10.0. The van der Waals surface area contributed by atoms with Gasteiger partial charge in [-0.1, -0.05) is 42.6 Å². The van der Waals surface area contributed by atoms with Crippen molar-refractivity contribution in [2.75, 3.05) is 19.6 Å². The molecular weight excluding hydrogens is 334 g/mol. The van der Waals surface area contributed by atoms with Crippen molar-refractivity contribution in [3.8, 4) is 11.6 Å². The maximum atomic E-state index is 6.13. The lowest BCUT2D eigenvalue weighted by molar-refractivity contribution is 0.143. The third kappa shape index (κ3) is 3.97. The molecule has 1 atom stereocenters. The van der Waals surface area contributed by atoms with Crippen LogP contribution in [0.15, 0.2) is 42.6 Å². The Kier molecular flexibility index (Phi) is 5.20. The van der Waals surface area contributed by atoms with Crippen LogP contribution in [0.1, 0.15) is 37.3 Å². The van der Waals surface area contributed by atoms with Crippen molar-refractivity contribution in [2.45, 2.75) is 37.8 Å². The number of benzene rings is 1. The van der Waals surface area contributed by atoms with E-state index in [1.165, 1.54) is 25.7 Å². The second-order valence-corrected chi connectivity index (χ2v) is 7.22. The minimum Gasteiger partial charge on any atom is -0.437 e. The van der Waals surface area contributed by atoms with Gasteiger partial charge in [0.05, 0.1) is 11.1 Å². The van der Waals surface area contributed by atoms with Crippen molar-refractivity contribution in [3.63, 3.8) is 0 Å². The Labute approximate surface area is 154 Å². The van der Waals surface area contributed by atoms with Gasteiger partial charge in [0.15, 0.2) is 0 Å². The predicted octanol–water partition coefficient (Wildman–Crippen LogP) is 4.43. The lowest BCUT2D eigenvalue weighted by Crippen LogP contribution is -2.46. The summed E-state index contributed by atoms with van der Waals surface area (Å²) in [5, 5.41) is 5.39. The van der Waals surface area contributed by atoms with E-state index in [4.69, 9.17) is 21.7 Å². The molecule has 0 spiro atoms. The van der Waals surface area contributed by atoms with E-state index >= 15 is 0 Å². The molecule has 5 heteroatoms. The number of nitrogens with zero attached hydrogens (tertiary/aromatic N) is 3. The van der Waals surface area contributed by atoms with Crippen LogP contribution in [0.2, 0.25) is 5.02 Å². The average Bonchev–Trinajstić information content (AvgIpc) is 3.19. The monoisotopic (exact) mass is 356 g/mol. The smallest absolute Gasteiger partial charge is 0.219 e. The largest absolute Gasteiger partial charge is 0.437 e. The van der Waals surface area contributed by atoms with Gasteiger partial charge in [0.1, 0.15) is 5.75 Å². The summed E-state index contributed by atoms with van der Waals surface area (Å²) < 4.78 is 5.77. The fourth-order valence-corrected chi connectivity index (χ4v) is 3.99. The quantitative estimate of drug-likeness (QED) is 0.813. The minimum absolute atomic E-state index is 0.219. The van der Waals surface area contributed by atoms with Gasteiger partial charge in [0.2, 0.25) is 5.88 Å². The van der Waals surface area contributed by atoms with Gasteiger partial charge in [0.25, 0.3) is 0 Å². The molecule has 1 saturated heterocycles. The van der Waals surface area contributed by atoms with Crippen LogP contribution in [-0.2, 0) is 0 Å². The second kappa shape index (κ2) is 7.73. The first-order valence-electron chi connectivity index (χ1n) is 9.08. The molecule has 1 unspecified atom stereocenters. The van der Waals surface area contributed by atoms with Gasteiger partial charge in [-0.15, -0.1) is 0 Å². The third-order valence-electron chi connectivity index (χ3n) is 5.18. The number of hydrogen-bond acceptors (Lipinski definition) is 3. The molecule has 4 rings (SSSR count). The van der Waals surface area contributed by atoms with E-state index < -0.39 is 0 Å². The molecule has 1 aliphatic heterocycles. The summed E-state index contributed by atoms with van der Waals surface area (Å²) in [6, 6.07) is 12.4. The Balaban J connectivity index is 1.42. The molecule has 2 fully saturated rings. The standard InChI is InChI=1S/C20H23ClN3O/c21-17-7-3-4-8-19(17)25-20-10-9-15(13-23-20)18-14-24(12-11-22-18)16-5-1-2-6-16/h3-4,7-10,13,16,18H,1-2,5-6,11-12,14H2. The average molecular weight is 357 g/mol. The summed E-state index contributed by atoms with van der Waals surface area (Å²) in [5.41, 5.74) is 1.16. The normalized spacial score (nSPS) is 22.2. The number of rotatable bonds is 4. The van der Waals surface area contributed by atoms with Gasteiger partial charge in [0, 0.05) is 37.9 Å². The Bertz CT molecular complexity index is 700. The summed E-state index contributed by atoms with van der Waals surface area (Å²) in [4.78, 5) is 7.08. The van der Waals surface area contributed by atoms with E-state index in [9.17, 15) is 0 Å². The number of piperazine rings is 1. The molecule has 2 heterocycles. The van der Waals surface area contributed by atoms with Crippen LogP contribution < -0.4 is 10.1 Å². The molecule has 2 aromatic rings. The van der Waals surface area contributed by atoms with Gasteiger partial charge in [-0.2, -0.15) is 0 Å². The van der Waals surface area contributed by atoms with Crippen LogP contribution in [0.3, 0.4) is 0 Å². The van der Waals surface area contributed by atoms with Crippen molar-refractivity contribution >= 4 is 11.6 Å². The summed E-state index contributed by atoms with van der Waals surface area (Å²) in [6.07, 6.45) is 7.32. The molecule has 1 saturated carbocycles. The predicted molar refractivity (Wildman–Crippen MR) is 99.3 cm³/mol. The Hall–Kier alpha value is -1.62. The molecule has 1 aromatic carbocycles. The minimum atomic E-state index is 0.219. The second-order valence-electron chi connectivity index (χ2n) is 6.82. The Morgan fingerprint density at radius 1 is 1.08 bits per heavy atom. The summed E-state index contributed by atoms with van der Waals surface area (Å²) in [7, 11) is 0. The Morgan fingerprint density at radius 2 is 1.92 bits per heavy atom.